The van der Waals surface area contributed by atoms with Crippen LogP contribution >= 0.6 is 0 Å². The summed E-state index contributed by atoms with van der Waals surface area (Å²) in [5.74, 6) is -0.442. The minimum absolute atomic E-state index is 0.00385. The zero-order valence-corrected chi connectivity index (χ0v) is 16.4. The number of Topliss-reactive ketones (excluding diaryl/α,β-unsaturated/α-hetero) is 1. The predicted molar refractivity (Wildman–Crippen MR) is 98.6 cm³/mol. The second kappa shape index (κ2) is 8.52. The van der Waals surface area contributed by atoms with Gasteiger partial charge in [-0.05, 0) is 39.7 Å². The quantitative estimate of drug-likeness (QED) is 0.623. The third-order valence-corrected chi connectivity index (χ3v) is 4.10. The first-order valence-corrected chi connectivity index (χ1v) is 8.95. The normalized spacial score (nSPS) is 22.2. The number of nitrogens with one attached hydrogen (secondary N) is 1. The first kappa shape index (κ1) is 20.9. The maximum absolute atomic E-state index is 12.0. The molecule has 0 amide bonds. The Balaban J connectivity index is 2.06. The summed E-state index contributed by atoms with van der Waals surface area (Å²) in [5.41, 5.74) is 0.950. The van der Waals surface area contributed by atoms with Gasteiger partial charge in [-0.25, -0.2) is 4.79 Å². The molecule has 0 bridgehead atoms. The molecule has 3 atom stereocenters. The second-order valence-corrected chi connectivity index (χ2v) is 7.67. The van der Waals surface area contributed by atoms with Crippen LogP contribution in [0.5, 0.6) is 0 Å². The van der Waals surface area contributed by atoms with Crippen molar-refractivity contribution in [1.82, 2.24) is 5.32 Å². The average Bonchev–Trinajstić information content (AvgIpc) is 2.87. The molecule has 0 radical (unpaired) electrons. The lowest BCUT2D eigenvalue weighted by atomic mass is 10.00. The van der Waals surface area contributed by atoms with Gasteiger partial charge in [0.15, 0.2) is 18.0 Å². The number of ether oxygens (including phenoxy) is 3. The molecule has 0 spiro atoms. The van der Waals surface area contributed by atoms with Crippen molar-refractivity contribution >= 4 is 17.9 Å². The molecule has 27 heavy (non-hydrogen) atoms. The highest BCUT2D eigenvalue weighted by molar-refractivity contribution is 5.94. The van der Waals surface area contributed by atoms with Gasteiger partial charge in [0.25, 0.3) is 0 Å². The SMILES string of the molecule is CC(=O)O[C@@H]1[C@@H](OC(=O)OC(C)(C)C)CN[C@@H]1Cc1ccc(C(C)=O)cc1. The van der Waals surface area contributed by atoms with E-state index < -0.39 is 29.9 Å². The van der Waals surface area contributed by atoms with Gasteiger partial charge >= 0.3 is 12.1 Å². The van der Waals surface area contributed by atoms with E-state index in [-0.39, 0.29) is 11.8 Å². The molecule has 1 saturated heterocycles. The zero-order chi connectivity index (χ0) is 20.2. The van der Waals surface area contributed by atoms with Crippen molar-refractivity contribution in [1.29, 1.82) is 0 Å². The number of hydrogen-bond acceptors (Lipinski definition) is 7. The summed E-state index contributed by atoms with van der Waals surface area (Å²) in [6.45, 7) is 8.44. The van der Waals surface area contributed by atoms with E-state index in [0.29, 0.717) is 18.5 Å². The first-order valence-electron chi connectivity index (χ1n) is 8.95. The van der Waals surface area contributed by atoms with Crippen molar-refractivity contribution in [2.24, 2.45) is 0 Å². The van der Waals surface area contributed by atoms with Crippen molar-refractivity contribution < 1.29 is 28.6 Å². The molecule has 1 aliphatic rings. The fraction of sp³-hybridized carbons (Fsp3) is 0.550. The van der Waals surface area contributed by atoms with E-state index in [9.17, 15) is 14.4 Å². The van der Waals surface area contributed by atoms with Crippen LogP contribution in [0, 0.1) is 0 Å². The van der Waals surface area contributed by atoms with Crippen LogP contribution in [0.4, 0.5) is 4.79 Å². The van der Waals surface area contributed by atoms with Gasteiger partial charge in [0.05, 0.1) is 6.04 Å². The van der Waals surface area contributed by atoms with E-state index in [1.54, 1.807) is 32.9 Å². The van der Waals surface area contributed by atoms with Crippen LogP contribution in [0.2, 0.25) is 0 Å². The lowest BCUT2D eigenvalue weighted by Crippen LogP contribution is -2.40. The Morgan fingerprint density at radius 3 is 2.22 bits per heavy atom. The Kier molecular flexibility index (Phi) is 6.59. The maximum Gasteiger partial charge on any atom is 0.509 e. The Labute approximate surface area is 159 Å². The molecule has 7 heteroatoms. The standard InChI is InChI=1S/C20H27NO6/c1-12(22)15-8-6-14(7-9-15)10-16-18(25-13(2)23)17(11-21-16)26-19(24)27-20(3,4)5/h6-9,16-18,21H,10-11H2,1-5H3/t16-,17+,18+/m1/s1. The van der Waals surface area contributed by atoms with Gasteiger partial charge in [-0.3, -0.25) is 9.59 Å². The van der Waals surface area contributed by atoms with Crippen molar-refractivity contribution in [2.75, 3.05) is 6.54 Å². The molecular formula is C20H27NO6. The van der Waals surface area contributed by atoms with E-state index in [4.69, 9.17) is 14.2 Å². The van der Waals surface area contributed by atoms with Crippen LogP contribution in [0.3, 0.4) is 0 Å². The van der Waals surface area contributed by atoms with E-state index in [0.717, 1.165) is 5.56 Å². The van der Waals surface area contributed by atoms with Gasteiger partial charge in [0, 0.05) is 19.0 Å². The van der Waals surface area contributed by atoms with Crippen LogP contribution in [0.15, 0.2) is 24.3 Å². The zero-order valence-electron chi connectivity index (χ0n) is 16.4. The van der Waals surface area contributed by atoms with Gasteiger partial charge in [-0.2, -0.15) is 0 Å². The molecule has 1 aromatic rings. The van der Waals surface area contributed by atoms with Crippen LogP contribution in [0.1, 0.15) is 50.5 Å². The van der Waals surface area contributed by atoms with E-state index in [1.165, 1.54) is 13.8 Å². The Bertz CT molecular complexity index is 691. The summed E-state index contributed by atoms with van der Waals surface area (Å²) < 4.78 is 16.0. The highest BCUT2D eigenvalue weighted by Crippen LogP contribution is 2.21. The topological polar surface area (TPSA) is 90.9 Å². The summed E-state index contributed by atoms with van der Waals surface area (Å²) in [4.78, 5) is 34.9. The largest absolute Gasteiger partial charge is 0.509 e. The Morgan fingerprint density at radius 1 is 1.07 bits per heavy atom. The predicted octanol–water partition coefficient (Wildman–Crippen LogP) is 2.66. The van der Waals surface area contributed by atoms with Crippen LogP contribution in [-0.2, 0) is 25.4 Å². The molecule has 0 saturated carbocycles. The van der Waals surface area contributed by atoms with Crippen molar-refractivity contribution in [3.05, 3.63) is 35.4 Å². The number of rotatable bonds is 5. The molecule has 1 aromatic carbocycles. The van der Waals surface area contributed by atoms with E-state index >= 15 is 0 Å². The van der Waals surface area contributed by atoms with Gasteiger partial charge in [-0.1, -0.05) is 24.3 Å². The third-order valence-electron chi connectivity index (χ3n) is 4.10. The summed E-state index contributed by atoms with van der Waals surface area (Å²) in [6, 6.07) is 7.05. The lowest BCUT2D eigenvalue weighted by molar-refractivity contribution is -0.152. The minimum atomic E-state index is -0.794. The summed E-state index contributed by atoms with van der Waals surface area (Å²) in [6.07, 6.45) is -1.49. The molecule has 2 rings (SSSR count). The number of ketones is 1. The number of carbonyl (C=O) groups excluding carboxylic acids is 3. The monoisotopic (exact) mass is 377 g/mol. The van der Waals surface area contributed by atoms with Crippen molar-refractivity contribution in [2.45, 2.75) is 64.9 Å². The molecule has 1 fully saturated rings. The molecule has 148 valence electrons. The third kappa shape index (κ3) is 6.36. The van der Waals surface area contributed by atoms with Gasteiger partial charge in [0.1, 0.15) is 5.60 Å². The lowest BCUT2D eigenvalue weighted by Gasteiger charge is -2.25. The Morgan fingerprint density at radius 2 is 1.70 bits per heavy atom. The van der Waals surface area contributed by atoms with Crippen LogP contribution in [-0.4, -0.2) is 48.3 Å². The molecule has 7 nitrogen and oxygen atoms in total. The fourth-order valence-electron chi connectivity index (χ4n) is 2.93. The summed E-state index contributed by atoms with van der Waals surface area (Å²) in [7, 11) is 0. The number of benzene rings is 1. The van der Waals surface area contributed by atoms with E-state index in [1.807, 2.05) is 12.1 Å². The summed E-state index contributed by atoms with van der Waals surface area (Å²) in [5, 5.41) is 3.24. The van der Waals surface area contributed by atoms with Gasteiger partial charge < -0.3 is 19.5 Å². The average molecular weight is 377 g/mol. The number of hydrogen-bond donors (Lipinski definition) is 1. The molecule has 0 aromatic heterocycles. The molecular weight excluding hydrogens is 350 g/mol. The van der Waals surface area contributed by atoms with Crippen LogP contribution < -0.4 is 5.32 Å². The molecule has 1 heterocycles. The van der Waals surface area contributed by atoms with Gasteiger partial charge in [-0.15, -0.1) is 0 Å². The number of esters is 1. The Hall–Kier alpha value is -2.41. The van der Waals surface area contributed by atoms with Crippen molar-refractivity contribution in [3.8, 4) is 0 Å². The number of carbonyl (C=O) groups is 3. The molecule has 0 aliphatic carbocycles. The fourth-order valence-corrected chi connectivity index (χ4v) is 2.93. The molecule has 1 aliphatic heterocycles. The van der Waals surface area contributed by atoms with Gasteiger partial charge in [0.2, 0.25) is 0 Å². The second-order valence-electron chi connectivity index (χ2n) is 7.67. The van der Waals surface area contributed by atoms with E-state index in [2.05, 4.69) is 5.32 Å². The van der Waals surface area contributed by atoms with Crippen molar-refractivity contribution in [3.63, 3.8) is 0 Å². The highest BCUT2D eigenvalue weighted by Gasteiger charge is 2.41. The smallest absolute Gasteiger partial charge is 0.457 e. The van der Waals surface area contributed by atoms with Crippen LogP contribution in [0.25, 0.3) is 0 Å². The highest BCUT2D eigenvalue weighted by atomic mass is 16.7. The first-order chi connectivity index (χ1) is 12.5. The molecule has 0 unspecified atom stereocenters. The summed E-state index contributed by atoms with van der Waals surface area (Å²) >= 11 is 0. The maximum atomic E-state index is 12.0. The molecule has 1 N–H and O–H groups in total. The minimum Gasteiger partial charge on any atom is -0.457 e.